The fourth-order valence-corrected chi connectivity index (χ4v) is 4.46. The minimum atomic E-state index is -0.112. The monoisotopic (exact) mass is 415 g/mol. The molecule has 0 atom stereocenters. The van der Waals surface area contributed by atoms with Gasteiger partial charge in [-0.1, -0.05) is 23.5 Å². The van der Waals surface area contributed by atoms with Crippen LogP contribution in [0.3, 0.4) is 0 Å². The van der Waals surface area contributed by atoms with Crippen LogP contribution in [0.1, 0.15) is 33.5 Å². The van der Waals surface area contributed by atoms with Crippen LogP contribution >= 0.6 is 11.3 Å². The summed E-state index contributed by atoms with van der Waals surface area (Å²) in [5.74, 6) is -0.112. The summed E-state index contributed by atoms with van der Waals surface area (Å²) in [5, 5.41) is 9.73. The van der Waals surface area contributed by atoms with Crippen molar-refractivity contribution in [2.75, 3.05) is 11.4 Å². The van der Waals surface area contributed by atoms with Crippen molar-refractivity contribution in [3.63, 3.8) is 0 Å². The molecule has 7 heteroatoms. The number of carbonyl (C=O) groups excluding carboxylic acids is 1. The van der Waals surface area contributed by atoms with E-state index in [1.807, 2.05) is 17.7 Å². The lowest BCUT2D eigenvalue weighted by Crippen LogP contribution is -2.32. The second-order valence-electron chi connectivity index (χ2n) is 7.17. The van der Waals surface area contributed by atoms with Gasteiger partial charge < -0.3 is 4.57 Å². The Balaban J connectivity index is 1.67. The average molecular weight is 416 g/mol. The van der Waals surface area contributed by atoms with Crippen LogP contribution in [-0.2, 0) is 6.54 Å². The predicted molar refractivity (Wildman–Crippen MR) is 119 cm³/mol. The number of nitrogens with zero attached hydrogens (tertiary/aromatic N) is 5. The normalized spacial score (nSPS) is 10.8. The third-order valence-corrected chi connectivity index (χ3v) is 6.24. The molecule has 0 spiro atoms. The summed E-state index contributed by atoms with van der Waals surface area (Å²) in [6.07, 6.45) is 6.21. The Labute approximate surface area is 179 Å². The van der Waals surface area contributed by atoms with E-state index < -0.39 is 0 Å². The third-order valence-electron chi connectivity index (χ3n) is 5.03. The molecule has 0 saturated carbocycles. The lowest BCUT2D eigenvalue weighted by molar-refractivity contribution is 0.0986. The quantitative estimate of drug-likeness (QED) is 0.457. The van der Waals surface area contributed by atoms with Crippen molar-refractivity contribution in [2.45, 2.75) is 26.8 Å². The maximum absolute atomic E-state index is 13.4. The van der Waals surface area contributed by atoms with Crippen LogP contribution in [-0.4, -0.2) is 27.0 Å². The molecule has 30 heavy (non-hydrogen) atoms. The van der Waals surface area contributed by atoms with Crippen molar-refractivity contribution in [2.24, 2.45) is 0 Å². The van der Waals surface area contributed by atoms with Crippen molar-refractivity contribution < 1.29 is 4.79 Å². The van der Waals surface area contributed by atoms with Gasteiger partial charge in [-0.15, -0.1) is 0 Å². The Bertz CT molecular complexity index is 1180. The number of rotatable bonds is 6. The Morgan fingerprint density at radius 2 is 1.93 bits per heavy atom. The Morgan fingerprint density at radius 3 is 2.60 bits per heavy atom. The molecule has 4 rings (SSSR count). The predicted octanol–water partition coefficient (Wildman–Crippen LogP) is 4.72. The molecule has 0 aliphatic carbocycles. The van der Waals surface area contributed by atoms with Crippen molar-refractivity contribution in [1.82, 2.24) is 14.5 Å². The van der Waals surface area contributed by atoms with Crippen LogP contribution in [0.15, 0.2) is 55.1 Å². The van der Waals surface area contributed by atoms with E-state index in [1.54, 1.807) is 53.0 Å². The van der Waals surface area contributed by atoms with E-state index in [-0.39, 0.29) is 5.91 Å². The summed E-state index contributed by atoms with van der Waals surface area (Å²) in [7, 11) is 0. The molecule has 4 aromatic rings. The molecule has 0 unspecified atom stereocenters. The molecule has 0 fully saturated rings. The molecule has 150 valence electrons. The van der Waals surface area contributed by atoms with Crippen molar-refractivity contribution in [3.8, 4) is 6.07 Å². The largest absolute Gasteiger partial charge is 0.337 e. The molecule has 0 aliphatic rings. The highest BCUT2D eigenvalue weighted by Crippen LogP contribution is 2.33. The van der Waals surface area contributed by atoms with E-state index in [1.165, 1.54) is 0 Å². The van der Waals surface area contributed by atoms with E-state index in [0.29, 0.717) is 22.8 Å². The van der Waals surface area contributed by atoms with Gasteiger partial charge in [0.05, 0.1) is 28.2 Å². The van der Waals surface area contributed by atoms with E-state index >= 15 is 0 Å². The van der Waals surface area contributed by atoms with Gasteiger partial charge in [-0.25, -0.2) is 9.97 Å². The first kappa shape index (κ1) is 19.8. The van der Waals surface area contributed by atoms with Gasteiger partial charge in [-0.3, -0.25) is 9.69 Å². The first-order valence-electron chi connectivity index (χ1n) is 9.71. The summed E-state index contributed by atoms with van der Waals surface area (Å²) in [4.78, 5) is 24.0. The van der Waals surface area contributed by atoms with Gasteiger partial charge >= 0.3 is 0 Å². The fraction of sp³-hybridized carbons (Fsp3) is 0.217. The number of carbonyl (C=O) groups is 1. The molecule has 1 amide bonds. The third kappa shape index (κ3) is 3.95. The number of hydrogen-bond acceptors (Lipinski definition) is 5. The molecule has 0 radical (unpaired) electrons. The number of aromatic nitrogens is 3. The molecular formula is C23H21N5OS. The average Bonchev–Trinajstić information content (AvgIpc) is 3.44. The molecule has 6 nitrogen and oxygen atoms in total. The van der Waals surface area contributed by atoms with Gasteiger partial charge in [0.2, 0.25) is 0 Å². The van der Waals surface area contributed by atoms with Crippen LogP contribution in [0.25, 0.3) is 10.2 Å². The zero-order chi connectivity index (χ0) is 21.1. The minimum absolute atomic E-state index is 0.112. The summed E-state index contributed by atoms with van der Waals surface area (Å²) in [6.45, 7) is 5.40. The van der Waals surface area contributed by atoms with E-state index in [4.69, 9.17) is 10.2 Å². The zero-order valence-corrected chi connectivity index (χ0v) is 17.7. The molecule has 0 bridgehead atoms. The summed E-state index contributed by atoms with van der Waals surface area (Å²) in [5.41, 5.74) is 4.28. The SMILES string of the molecule is Cc1ccc(C)c2sc(N(CCCn3ccnc3)C(=O)c3ccc(C#N)cc3)nc12. The van der Waals surface area contributed by atoms with Crippen LogP contribution in [0.2, 0.25) is 0 Å². The highest BCUT2D eigenvalue weighted by Gasteiger charge is 2.22. The fourth-order valence-electron chi connectivity index (χ4n) is 3.32. The number of fused-ring (bicyclic) bond motifs is 1. The number of benzene rings is 2. The molecule has 2 heterocycles. The second kappa shape index (κ2) is 8.47. The molecule has 2 aromatic carbocycles. The first-order valence-corrected chi connectivity index (χ1v) is 10.5. The number of hydrogen-bond donors (Lipinski definition) is 0. The highest BCUT2D eigenvalue weighted by atomic mass is 32.1. The minimum Gasteiger partial charge on any atom is -0.337 e. The first-order chi connectivity index (χ1) is 14.6. The number of amides is 1. The summed E-state index contributed by atoms with van der Waals surface area (Å²) >= 11 is 1.55. The van der Waals surface area contributed by atoms with Gasteiger partial charge in [-0.05, 0) is 55.7 Å². The molecule has 2 aromatic heterocycles. The second-order valence-corrected chi connectivity index (χ2v) is 8.15. The van der Waals surface area contributed by atoms with E-state index in [9.17, 15) is 4.79 Å². The molecular weight excluding hydrogens is 394 g/mol. The smallest absolute Gasteiger partial charge is 0.260 e. The number of nitriles is 1. The molecule has 0 aliphatic heterocycles. The number of aryl methyl sites for hydroxylation is 3. The summed E-state index contributed by atoms with van der Waals surface area (Å²) in [6, 6.07) is 13.0. The Morgan fingerprint density at radius 1 is 1.17 bits per heavy atom. The molecule has 0 N–H and O–H groups in total. The number of thiazole rings is 1. The maximum Gasteiger partial charge on any atom is 0.260 e. The van der Waals surface area contributed by atoms with Crippen LogP contribution in [0.5, 0.6) is 0 Å². The Hall–Kier alpha value is -3.50. The van der Waals surface area contributed by atoms with E-state index in [2.05, 4.69) is 30.1 Å². The van der Waals surface area contributed by atoms with Gasteiger partial charge in [-0.2, -0.15) is 5.26 Å². The zero-order valence-electron chi connectivity index (χ0n) is 16.9. The van der Waals surface area contributed by atoms with Crippen molar-refractivity contribution >= 4 is 32.6 Å². The standard InChI is InChI=1S/C23H21N5OS/c1-16-4-5-17(2)21-20(16)26-23(30-21)28(12-3-11-27-13-10-25-15-27)22(29)19-8-6-18(14-24)7-9-19/h4-10,13,15H,3,11-12H2,1-2H3. The van der Waals surface area contributed by atoms with Gasteiger partial charge in [0.1, 0.15) is 0 Å². The van der Waals surface area contributed by atoms with Gasteiger partial charge in [0.15, 0.2) is 5.13 Å². The number of imidazole rings is 1. The maximum atomic E-state index is 13.4. The van der Waals surface area contributed by atoms with E-state index in [0.717, 1.165) is 34.3 Å². The van der Waals surface area contributed by atoms with Crippen molar-refractivity contribution in [1.29, 1.82) is 5.26 Å². The molecule has 0 saturated heterocycles. The lowest BCUT2D eigenvalue weighted by Gasteiger charge is -2.20. The van der Waals surface area contributed by atoms with Crippen molar-refractivity contribution in [3.05, 3.63) is 77.4 Å². The van der Waals surface area contributed by atoms with Gasteiger partial charge in [0.25, 0.3) is 5.91 Å². The van der Waals surface area contributed by atoms with Crippen LogP contribution < -0.4 is 4.90 Å². The summed E-state index contributed by atoms with van der Waals surface area (Å²) < 4.78 is 3.11. The highest BCUT2D eigenvalue weighted by molar-refractivity contribution is 7.22. The van der Waals surface area contributed by atoms with Crippen LogP contribution in [0, 0.1) is 25.2 Å². The van der Waals surface area contributed by atoms with Gasteiger partial charge in [0, 0.05) is 31.0 Å². The van der Waals surface area contributed by atoms with Crippen LogP contribution in [0.4, 0.5) is 5.13 Å². The number of anilines is 1. The Kier molecular flexibility index (Phi) is 5.59. The lowest BCUT2D eigenvalue weighted by atomic mass is 10.1. The topological polar surface area (TPSA) is 74.8 Å².